The molecule has 7 heterocycles. The summed E-state index contributed by atoms with van der Waals surface area (Å²) in [6.07, 6.45) is 5.95. The number of amides is 3. The second-order valence-electron chi connectivity index (χ2n) is 15.1. The smallest absolute Gasteiger partial charge is 0.262 e. The number of rotatable bonds is 12. The SMILES string of the molecule is CNC(=O)C(CCC=O)N1C(=O)c2ccc(N3CC(N4CC(N5CCC(n6nc(-c7ccc(Oc8ccccc8)nc7)c7c(N)ncnc76)CC5)C4)C3)cc2C1=O. The zero-order valence-electron chi connectivity index (χ0n) is 31.5. The number of aldehydes is 1. The van der Waals surface area contributed by atoms with E-state index in [0.717, 1.165) is 79.3 Å². The molecule has 0 bridgehead atoms. The molecule has 2 aromatic carbocycles. The normalized spacial score (nSPS) is 18.7. The predicted molar refractivity (Wildman–Crippen MR) is 211 cm³/mol. The van der Waals surface area contributed by atoms with Crippen LogP contribution in [-0.2, 0) is 9.59 Å². The van der Waals surface area contributed by atoms with Crippen LogP contribution in [0.3, 0.4) is 0 Å². The van der Waals surface area contributed by atoms with Crippen LogP contribution in [0.2, 0.25) is 0 Å². The number of para-hydroxylation sites is 1. The molecule has 3 amide bonds. The van der Waals surface area contributed by atoms with Gasteiger partial charge in [0.1, 0.15) is 35.9 Å². The fraction of sp³-hybridized carbons (Fsp3) is 0.366. The van der Waals surface area contributed by atoms with Gasteiger partial charge in [-0.2, -0.15) is 5.10 Å². The van der Waals surface area contributed by atoms with E-state index in [2.05, 4.69) is 35.0 Å². The quantitative estimate of drug-likeness (QED) is 0.140. The summed E-state index contributed by atoms with van der Waals surface area (Å²) < 4.78 is 7.91. The van der Waals surface area contributed by atoms with Crippen LogP contribution in [0.1, 0.15) is 52.4 Å². The molecule has 0 radical (unpaired) electrons. The topological polar surface area (TPSA) is 185 Å². The van der Waals surface area contributed by atoms with Gasteiger partial charge < -0.3 is 25.5 Å². The molecular weight excluding hydrogens is 727 g/mol. The molecule has 3 fully saturated rings. The highest BCUT2D eigenvalue weighted by molar-refractivity contribution is 6.23. The van der Waals surface area contributed by atoms with Gasteiger partial charge in [-0.25, -0.2) is 19.6 Å². The van der Waals surface area contributed by atoms with E-state index in [4.69, 9.17) is 15.6 Å². The number of likely N-dealkylation sites (tertiary alicyclic amines) is 2. The monoisotopic (exact) mass is 769 g/mol. The summed E-state index contributed by atoms with van der Waals surface area (Å²) in [6.45, 7) is 5.59. The van der Waals surface area contributed by atoms with E-state index in [1.165, 1.54) is 13.4 Å². The molecule has 292 valence electrons. The average Bonchev–Trinajstić information content (AvgIpc) is 3.71. The first-order valence-electron chi connectivity index (χ1n) is 19.4. The largest absolute Gasteiger partial charge is 0.439 e. The molecule has 3 saturated heterocycles. The molecule has 4 aliphatic rings. The lowest BCUT2D eigenvalue weighted by Gasteiger charge is -2.55. The molecule has 16 heteroatoms. The third-order valence-electron chi connectivity index (χ3n) is 11.8. The second kappa shape index (κ2) is 15.0. The van der Waals surface area contributed by atoms with Crippen molar-refractivity contribution in [2.24, 2.45) is 0 Å². The van der Waals surface area contributed by atoms with Gasteiger partial charge in [0.15, 0.2) is 5.65 Å². The Morgan fingerprint density at radius 3 is 2.39 bits per heavy atom. The van der Waals surface area contributed by atoms with E-state index in [1.807, 2.05) is 53.2 Å². The molecular formula is C41H43N11O5. The number of imide groups is 1. The van der Waals surface area contributed by atoms with Gasteiger partial charge in [0.25, 0.3) is 11.8 Å². The lowest BCUT2D eigenvalue weighted by Crippen LogP contribution is -2.70. The van der Waals surface area contributed by atoms with Crippen molar-refractivity contribution in [3.63, 3.8) is 0 Å². The first-order chi connectivity index (χ1) is 27.8. The summed E-state index contributed by atoms with van der Waals surface area (Å²) in [5, 5.41) is 8.30. The summed E-state index contributed by atoms with van der Waals surface area (Å²) in [5.74, 6) is 0.108. The van der Waals surface area contributed by atoms with E-state index < -0.39 is 23.8 Å². The number of hydrogen-bond donors (Lipinski definition) is 2. The van der Waals surface area contributed by atoms with Gasteiger partial charge >= 0.3 is 0 Å². The number of carbonyl (C=O) groups excluding carboxylic acids is 4. The summed E-state index contributed by atoms with van der Waals surface area (Å²) in [6, 6.07) is 18.6. The zero-order valence-corrected chi connectivity index (χ0v) is 31.5. The van der Waals surface area contributed by atoms with Crippen LogP contribution in [-0.4, -0.2) is 128 Å². The number of anilines is 2. The lowest BCUT2D eigenvalue weighted by atomic mass is 9.95. The summed E-state index contributed by atoms with van der Waals surface area (Å²) >= 11 is 0. The molecule has 0 saturated carbocycles. The van der Waals surface area contributed by atoms with Gasteiger partial charge in [-0.3, -0.25) is 29.1 Å². The van der Waals surface area contributed by atoms with E-state index in [-0.39, 0.29) is 24.4 Å². The Morgan fingerprint density at radius 1 is 0.912 bits per heavy atom. The Balaban J connectivity index is 0.791. The molecule has 5 aromatic rings. The number of nitrogen functional groups attached to an aromatic ring is 1. The Labute approximate surface area is 328 Å². The number of likely N-dealkylation sites (N-methyl/N-ethyl adjacent to an activating group) is 1. The predicted octanol–water partition coefficient (Wildman–Crippen LogP) is 3.16. The molecule has 3 aromatic heterocycles. The van der Waals surface area contributed by atoms with Crippen molar-refractivity contribution in [3.05, 3.63) is 84.3 Å². The molecule has 16 nitrogen and oxygen atoms in total. The van der Waals surface area contributed by atoms with E-state index in [9.17, 15) is 19.2 Å². The van der Waals surface area contributed by atoms with Crippen molar-refractivity contribution in [2.45, 2.75) is 49.9 Å². The van der Waals surface area contributed by atoms with Gasteiger partial charge in [-0.1, -0.05) is 18.2 Å². The summed E-state index contributed by atoms with van der Waals surface area (Å²) in [5.41, 5.74) is 10.1. The van der Waals surface area contributed by atoms with Crippen molar-refractivity contribution in [2.75, 3.05) is 56.9 Å². The maximum absolute atomic E-state index is 13.4. The zero-order chi connectivity index (χ0) is 39.2. The first-order valence-corrected chi connectivity index (χ1v) is 19.4. The molecule has 0 aliphatic carbocycles. The highest BCUT2D eigenvalue weighted by Gasteiger charge is 2.45. The van der Waals surface area contributed by atoms with E-state index in [1.54, 1.807) is 18.3 Å². The van der Waals surface area contributed by atoms with Crippen molar-refractivity contribution in [3.8, 4) is 22.9 Å². The third kappa shape index (κ3) is 6.63. The van der Waals surface area contributed by atoms with Crippen LogP contribution >= 0.6 is 0 Å². The highest BCUT2D eigenvalue weighted by Crippen LogP contribution is 2.37. The Morgan fingerprint density at radius 2 is 1.67 bits per heavy atom. The Hall–Kier alpha value is -6.26. The number of nitrogens with zero attached hydrogens (tertiary/aromatic N) is 9. The fourth-order valence-electron chi connectivity index (χ4n) is 8.55. The number of aromatic nitrogens is 5. The minimum Gasteiger partial charge on any atom is -0.439 e. The second-order valence-corrected chi connectivity index (χ2v) is 15.1. The van der Waals surface area contributed by atoms with Crippen molar-refractivity contribution in [1.82, 2.24) is 44.7 Å². The van der Waals surface area contributed by atoms with Crippen LogP contribution in [0, 0.1) is 0 Å². The number of pyridine rings is 1. The van der Waals surface area contributed by atoms with Crippen LogP contribution < -0.4 is 20.7 Å². The molecule has 9 rings (SSSR count). The standard InChI is InChI=1S/C41H43N11O5/c1-43-39(54)33(8-5-17-53)51-40(55)31-11-10-27(18-32(31)41(51)56)49-22-29(23-49)50-20-28(21-50)48-15-13-26(14-16-48)52-38-35(37(42)45-24-46-38)36(47-52)25-9-12-34(44-19-25)57-30-6-3-2-4-7-30/h2-4,6-7,9-12,17-19,24,26,28-29,33H,5,8,13-16,20-23H2,1H3,(H,43,54)(H2,42,45,46). The summed E-state index contributed by atoms with van der Waals surface area (Å²) in [4.78, 5) is 71.9. The minimum atomic E-state index is -1.03. The average molecular weight is 770 g/mol. The molecule has 57 heavy (non-hydrogen) atoms. The van der Waals surface area contributed by atoms with Crippen LogP contribution in [0.15, 0.2) is 73.2 Å². The van der Waals surface area contributed by atoms with Gasteiger partial charge in [0, 0.05) is 88.3 Å². The number of benzene rings is 2. The van der Waals surface area contributed by atoms with Crippen molar-refractivity contribution >= 4 is 46.5 Å². The van der Waals surface area contributed by atoms with E-state index >= 15 is 0 Å². The maximum atomic E-state index is 13.4. The molecule has 4 aliphatic heterocycles. The number of ether oxygens (including phenoxy) is 1. The fourth-order valence-corrected chi connectivity index (χ4v) is 8.55. The number of hydrogen-bond acceptors (Lipinski definition) is 13. The Kier molecular flexibility index (Phi) is 9.58. The van der Waals surface area contributed by atoms with E-state index in [0.29, 0.717) is 47.1 Å². The number of carbonyl (C=O) groups is 4. The minimum absolute atomic E-state index is 0.0679. The molecule has 0 spiro atoms. The number of piperidine rings is 1. The maximum Gasteiger partial charge on any atom is 0.262 e. The number of nitrogens with two attached hydrogens (primary N) is 1. The molecule has 1 atom stereocenters. The van der Waals surface area contributed by atoms with Crippen LogP contribution in [0.4, 0.5) is 11.5 Å². The highest BCUT2D eigenvalue weighted by atomic mass is 16.5. The van der Waals surface area contributed by atoms with Crippen molar-refractivity contribution in [1.29, 1.82) is 0 Å². The third-order valence-corrected chi connectivity index (χ3v) is 11.8. The van der Waals surface area contributed by atoms with Gasteiger partial charge in [0.05, 0.1) is 22.6 Å². The lowest BCUT2D eigenvalue weighted by molar-refractivity contribution is -0.124. The molecule has 1 unspecified atom stereocenters. The van der Waals surface area contributed by atoms with Crippen molar-refractivity contribution < 1.29 is 23.9 Å². The van der Waals surface area contributed by atoms with Gasteiger partial charge in [-0.05, 0) is 55.7 Å². The number of nitrogens with one attached hydrogen (secondary N) is 1. The van der Waals surface area contributed by atoms with Crippen LogP contribution in [0.25, 0.3) is 22.3 Å². The van der Waals surface area contributed by atoms with Gasteiger partial charge in [-0.15, -0.1) is 0 Å². The molecule has 3 N–H and O–H groups in total. The first kappa shape index (κ1) is 36.4. The van der Waals surface area contributed by atoms with Crippen LogP contribution in [0.5, 0.6) is 11.6 Å². The van der Waals surface area contributed by atoms with Gasteiger partial charge in [0.2, 0.25) is 11.8 Å². The Bertz CT molecular complexity index is 2330. The number of fused-ring (bicyclic) bond motifs is 2. The summed E-state index contributed by atoms with van der Waals surface area (Å²) in [7, 11) is 1.45.